The number of ether oxygens (including phenoxy) is 1. The van der Waals surface area contributed by atoms with Crippen LogP contribution in [0.3, 0.4) is 0 Å². The Bertz CT molecular complexity index is 880. The number of esters is 1. The summed E-state index contributed by atoms with van der Waals surface area (Å²) in [7, 11) is 0. The topological polar surface area (TPSA) is 50.4 Å². The van der Waals surface area contributed by atoms with Crippen molar-refractivity contribution >= 4 is 46.5 Å². The molecule has 0 aliphatic carbocycles. The average molecular weight is 467 g/mol. The zero-order valence-corrected chi connectivity index (χ0v) is 20.0. The van der Waals surface area contributed by atoms with Crippen LogP contribution in [0.2, 0.25) is 10.0 Å². The van der Waals surface area contributed by atoms with Crippen molar-refractivity contribution in [3.63, 3.8) is 0 Å². The van der Waals surface area contributed by atoms with Gasteiger partial charge >= 0.3 is 5.97 Å². The van der Waals surface area contributed by atoms with Gasteiger partial charge in [0.05, 0.1) is 22.6 Å². The molecule has 162 valence electrons. The van der Waals surface area contributed by atoms with Crippen LogP contribution in [0.15, 0.2) is 42.5 Å². The number of halogens is 2. The minimum Gasteiger partial charge on any atom is -0.464 e. The van der Waals surface area contributed by atoms with E-state index in [-0.39, 0.29) is 24.0 Å². The first-order valence-corrected chi connectivity index (χ1v) is 11.0. The fraction of sp³-hybridized carbons (Fsp3) is 0.391. The lowest BCUT2D eigenvalue weighted by Gasteiger charge is -2.24. The third-order valence-electron chi connectivity index (χ3n) is 4.61. The highest BCUT2D eigenvalue weighted by Gasteiger charge is 2.19. The van der Waals surface area contributed by atoms with Crippen molar-refractivity contribution in [2.24, 2.45) is 0 Å². The van der Waals surface area contributed by atoms with E-state index >= 15 is 0 Å². The van der Waals surface area contributed by atoms with Crippen LogP contribution in [-0.4, -0.2) is 24.2 Å². The summed E-state index contributed by atoms with van der Waals surface area (Å²) in [6.07, 6.45) is 0.677. The summed E-state index contributed by atoms with van der Waals surface area (Å²) in [6.45, 7) is 8.61. The second kappa shape index (κ2) is 11.0. The van der Waals surface area contributed by atoms with Crippen molar-refractivity contribution in [1.29, 1.82) is 0 Å². The Labute approximate surface area is 194 Å². The van der Waals surface area contributed by atoms with Gasteiger partial charge in [0.2, 0.25) is 0 Å². The maximum atomic E-state index is 10.9. The fourth-order valence-electron chi connectivity index (χ4n) is 2.97. The van der Waals surface area contributed by atoms with Crippen LogP contribution in [0.4, 0.5) is 0 Å². The Morgan fingerprint density at radius 2 is 1.80 bits per heavy atom. The van der Waals surface area contributed by atoms with Crippen molar-refractivity contribution in [1.82, 2.24) is 10.6 Å². The number of benzene rings is 2. The predicted octanol–water partition coefficient (Wildman–Crippen LogP) is 5.60. The molecule has 0 saturated heterocycles. The van der Waals surface area contributed by atoms with Crippen LogP contribution >= 0.6 is 35.4 Å². The van der Waals surface area contributed by atoms with Crippen LogP contribution in [0.1, 0.15) is 50.4 Å². The molecule has 0 aliphatic heterocycles. The van der Waals surface area contributed by atoms with E-state index in [4.69, 9.17) is 40.2 Å². The molecule has 4 nitrogen and oxygen atoms in total. The monoisotopic (exact) mass is 466 g/mol. The summed E-state index contributed by atoms with van der Waals surface area (Å²) in [6, 6.07) is 14.0. The number of rotatable bonds is 7. The Morgan fingerprint density at radius 3 is 2.40 bits per heavy atom. The molecular formula is C23H28Cl2N2O2S. The maximum Gasteiger partial charge on any atom is 0.302 e. The molecule has 2 aromatic carbocycles. The number of thiocarbonyl (C=S) groups is 1. The smallest absolute Gasteiger partial charge is 0.302 e. The van der Waals surface area contributed by atoms with Gasteiger partial charge in [-0.2, -0.15) is 0 Å². The minimum atomic E-state index is -0.321. The minimum absolute atomic E-state index is 0.0971. The van der Waals surface area contributed by atoms with E-state index in [9.17, 15) is 4.79 Å². The van der Waals surface area contributed by atoms with Crippen molar-refractivity contribution < 1.29 is 9.53 Å². The van der Waals surface area contributed by atoms with Gasteiger partial charge in [0.15, 0.2) is 5.11 Å². The molecule has 0 fully saturated rings. The molecule has 2 N–H and O–H groups in total. The van der Waals surface area contributed by atoms with Gasteiger partial charge in [0, 0.05) is 6.92 Å². The highest BCUT2D eigenvalue weighted by Crippen LogP contribution is 2.32. The van der Waals surface area contributed by atoms with Crippen molar-refractivity contribution in [3.8, 4) is 0 Å². The molecule has 0 aliphatic rings. The molecule has 0 spiro atoms. The van der Waals surface area contributed by atoms with Gasteiger partial charge in [-0.05, 0) is 46.8 Å². The molecule has 0 heterocycles. The SMILES string of the molecule is CC(=O)OCCNC(=S)NC(Cc1ccc(C(C)(C)C)cc1)c1cccc(Cl)c1Cl. The highest BCUT2D eigenvalue weighted by atomic mass is 35.5. The van der Waals surface area contributed by atoms with E-state index in [0.717, 1.165) is 11.1 Å². The first-order chi connectivity index (χ1) is 14.1. The number of hydrogen-bond acceptors (Lipinski definition) is 3. The van der Waals surface area contributed by atoms with Gasteiger partial charge in [-0.1, -0.05) is 80.4 Å². The third-order valence-corrected chi connectivity index (χ3v) is 5.71. The van der Waals surface area contributed by atoms with Gasteiger partial charge in [-0.25, -0.2) is 0 Å². The van der Waals surface area contributed by atoms with E-state index in [2.05, 4.69) is 55.7 Å². The Balaban J connectivity index is 2.16. The van der Waals surface area contributed by atoms with Gasteiger partial charge in [0.1, 0.15) is 6.61 Å². The third kappa shape index (κ3) is 7.46. The molecule has 0 saturated carbocycles. The highest BCUT2D eigenvalue weighted by molar-refractivity contribution is 7.80. The van der Waals surface area contributed by atoms with Crippen LogP contribution in [0, 0.1) is 0 Å². The Kier molecular flexibility index (Phi) is 8.95. The van der Waals surface area contributed by atoms with E-state index in [1.54, 1.807) is 6.07 Å². The summed E-state index contributed by atoms with van der Waals surface area (Å²) in [4.78, 5) is 10.9. The zero-order chi connectivity index (χ0) is 22.3. The molecule has 7 heteroatoms. The molecule has 0 amide bonds. The molecule has 2 rings (SSSR count). The first-order valence-electron chi connectivity index (χ1n) is 9.79. The Hall–Kier alpha value is -1.82. The summed E-state index contributed by atoms with van der Waals surface area (Å²) < 4.78 is 4.92. The van der Waals surface area contributed by atoms with Crippen molar-refractivity contribution in [2.45, 2.75) is 45.6 Å². The molecule has 0 radical (unpaired) electrons. The number of nitrogens with one attached hydrogen (secondary N) is 2. The number of carbonyl (C=O) groups excluding carboxylic acids is 1. The predicted molar refractivity (Wildman–Crippen MR) is 128 cm³/mol. The summed E-state index contributed by atoms with van der Waals surface area (Å²) >= 11 is 18.2. The van der Waals surface area contributed by atoms with Gasteiger partial charge in [-0.3, -0.25) is 4.79 Å². The molecule has 2 aromatic rings. The summed E-state index contributed by atoms with van der Waals surface area (Å²) in [5, 5.41) is 7.83. The number of hydrogen-bond donors (Lipinski definition) is 2. The van der Waals surface area contributed by atoms with Crippen LogP contribution < -0.4 is 10.6 Å². The normalized spacial score (nSPS) is 12.2. The summed E-state index contributed by atoms with van der Waals surface area (Å²) in [5.74, 6) is -0.321. The van der Waals surface area contributed by atoms with E-state index < -0.39 is 0 Å². The number of carbonyl (C=O) groups is 1. The van der Waals surface area contributed by atoms with E-state index in [0.29, 0.717) is 28.1 Å². The quantitative estimate of drug-likeness (QED) is 0.315. The largest absolute Gasteiger partial charge is 0.464 e. The fourth-order valence-corrected chi connectivity index (χ4v) is 3.66. The Morgan fingerprint density at radius 1 is 1.13 bits per heavy atom. The standard InChI is InChI=1S/C23H28Cl2N2O2S/c1-15(28)29-13-12-26-22(30)27-20(18-6-5-7-19(24)21(18)25)14-16-8-10-17(11-9-16)23(2,3)4/h5-11,20H,12-14H2,1-4H3,(H2,26,27,30). The maximum absolute atomic E-state index is 10.9. The van der Waals surface area contributed by atoms with Crippen LogP contribution in [0.5, 0.6) is 0 Å². The zero-order valence-electron chi connectivity index (χ0n) is 17.7. The molecule has 0 aromatic heterocycles. The molecule has 30 heavy (non-hydrogen) atoms. The second-order valence-electron chi connectivity index (χ2n) is 8.09. The molecule has 0 bridgehead atoms. The van der Waals surface area contributed by atoms with Gasteiger partial charge in [0.25, 0.3) is 0 Å². The van der Waals surface area contributed by atoms with Crippen molar-refractivity contribution in [2.75, 3.05) is 13.2 Å². The lowest BCUT2D eigenvalue weighted by atomic mass is 9.86. The van der Waals surface area contributed by atoms with Crippen LogP contribution in [0.25, 0.3) is 0 Å². The first kappa shape index (κ1) is 24.4. The van der Waals surface area contributed by atoms with E-state index in [1.165, 1.54) is 12.5 Å². The van der Waals surface area contributed by atoms with Crippen LogP contribution in [-0.2, 0) is 21.4 Å². The second-order valence-corrected chi connectivity index (χ2v) is 9.28. The average Bonchev–Trinajstić information content (AvgIpc) is 2.66. The lowest BCUT2D eigenvalue weighted by molar-refractivity contribution is -0.140. The summed E-state index contributed by atoms with van der Waals surface area (Å²) in [5.41, 5.74) is 3.39. The van der Waals surface area contributed by atoms with Gasteiger partial charge in [-0.15, -0.1) is 0 Å². The molecule has 1 unspecified atom stereocenters. The van der Waals surface area contributed by atoms with Gasteiger partial charge < -0.3 is 15.4 Å². The van der Waals surface area contributed by atoms with Crippen molar-refractivity contribution in [3.05, 3.63) is 69.2 Å². The molecular weight excluding hydrogens is 439 g/mol. The lowest BCUT2D eigenvalue weighted by Crippen LogP contribution is -2.40. The van der Waals surface area contributed by atoms with E-state index in [1.807, 2.05) is 12.1 Å². The molecule has 1 atom stereocenters.